The Morgan fingerprint density at radius 3 is 0.845 bits per heavy atom. The summed E-state index contributed by atoms with van der Waals surface area (Å²) in [6, 6.07) is 0. The van der Waals surface area contributed by atoms with Crippen LogP contribution in [0.15, 0.2) is 0 Å². The molecule has 0 saturated heterocycles. The average Bonchev–Trinajstić information content (AvgIpc) is 3.21. The van der Waals surface area contributed by atoms with Crippen LogP contribution >= 0.6 is 0 Å². The molecule has 0 aliphatic carbocycles. The van der Waals surface area contributed by atoms with Crippen molar-refractivity contribution in [1.29, 1.82) is 0 Å². The van der Waals surface area contributed by atoms with Crippen molar-refractivity contribution in [2.24, 2.45) is 5.92 Å². The van der Waals surface area contributed by atoms with Gasteiger partial charge in [0.25, 0.3) is 0 Å². The standard InChI is InChI=1S/C52H100O6/c1-5-7-9-11-13-15-28-32-36-40-44-51(54)57-47-49(46-56-50(53)43-39-35-31-26-14-12-10-8-6-2)58-52(55)45-41-37-33-29-25-23-21-19-17-16-18-20-22-24-27-30-34-38-42-48(3)4/h48-49H,5-47H2,1-4H3/t49-/m1/s1. The quantitative estimate of drug-likeness (QED) is 0.0346. The first-order valence-corrected chi connectivity index (χ1v) is 25.9. The van der Waals surface area contributed by atoms with Gasteiger partial charge in [-0.1, -0.05) is 252 Å². The van der Waals surface area contributed by atoms with Crippen molar-refractivity contribution in [2.75, 3.05) is 13.2 Å². The largest absolute Gasteiger partial charge is 0.462 e. The first kappa shape index (κ1) is 56.4. The highest BCUT2D eigenvalue weighted by atomic mass is 16.6. The van der Waals surface area contributed by atoms with Crippen LogP contribution in [-0.2, 0) is 28.6 Å². The fourth-order valence-corrected chi connectivity index (χ4v) is 7.86. The lowest BCUT2D eigenvalue weighted by atomic mass is 10.0. The molecule has 0 aliphatic rings. The molecule has 0 aliphatic heterocycles. The monoisotopic (exact) mass is 821 g/mol. The molecule has 0 heterocycles. The Morgan fingerprint density at radius 2 is 0.569 bits per heavy atom. The Hall–Kier alpha value is -1.59. The maximum absolute atomic E-state index is 12.8. The highest BCUT2D eigenvalue weighted by Crippen LogP contribution is 2.17. The Morgan fingerprint density at radius 1 is 0.328 bits per heavy atom. The van der Waals surface area contributed by atoms with Crippen molar-refractivity contribution in [2.45, 2.75) is 297 Å². The number of carbonyl (C=O) groups is 3. The van der Waals surface area contributed by atoms with Crippen molar-refractivity contribution >= 4 is 17.9 Å². The molecule has 0 bridgehead atoms. The zero-order valence-electron chi connectivity index (χ0n) is 39.5. The van der Waals surface area contributed by atoms with Crippen molar-refractivity contribution in [3.63, 3.8) is 0 Å². The fraction of sp³-hybridized carbons (Fsp3) is 0.942. The lowest BCUT2D eigenvalue weighted by Gasteiger charge is -2.18. The number of ether oxygens (including phenoxy) is 3. The van der Waals surface area contributed by atoms with Crippen LogP contribution in [0.25, 0.3) is 0 Å². The molecular weight excluding hydrogens is 721 g/mol. The van der Waals surface area contributed by atoms with E-state index < -0.39 is 6.10 Å². The SMILES string of the molecule is CCCCCCCCCCCCC(=O)OC[C@@H](COC(=O)CCCCCCCCCCC)OC(=O)CCCCCCCCCCCCCCCCCCCCC(C)C. The van der Waals surface area contributed by atoms with E-state index in [1.54, 1.807) is 0 Å². The number of carbonyl (C=O) groups excluding carboxylic acids is 3. The minimum absolute atomic E-state index is 0.0631. The first-order valence-electron chi connectivity index (χ1n) is 25.9. The first-order chi connectivity index (χ1) is 28.4. The van der Waals surface area contributed by atoms with Gasteiger partial charge in [0, 0.05) is 19.3 Å². The molecule has 0 radical (unpaired) electrons. The topological polar surface area (TPSA) is 78.9 Å². The number of rotatable bonds is 47. The van der Waals surface area contributed by atoms with Crippen LogP contribution in [0.3, 0.4) is 0 Å². The van der Waals surface area contributed by atoms with Crippen molar-refractivity contribution < 1.29 is 28.6 Å². The van der Waals surface area contributed by atoms with Crippen LogP contribution in [0.5, 0.6) is 0 Å². The summed E-state index contributed by atoms with van der Waals surface area (Å²) in [5.74, 6) is 0.00903. The van der Waals surface area contributed by atoms with E-state index in [4.69, 9.17) is 14.2 Å². The third-order valence-corrected chi connectivity index (χ3v) is 11.8. The van der Waals surface area contributed by atoms with Gasteiger partial charge in [0.2, 0.25) is 0 Å². The van der Waals surface area contributed by atoms with Gasteiger partial charge in [0.15, 0.2) is 6.10 Å². The van der Waals surface area contributed by atoms with Gasteiger partial charge in [-0.25, -0.2) is 0 Å². The van der Waals surface area contributed by atoms with Crippen LogP contribution in [0.4, 0.5) is 0 Å². The second kappa shape index (κ2) is 46.5. The van der Waals surface area contributed by atoms with Crippen molar-refractivity contribution in [1.82, 2.24) is 0 Å². The molecule has 0 amide bonds. The van der Waals surface area contributed by atoms with E-state index in [-0.39, 0.29) is 31.1 Å². The summed E-state index contributed by atoms with van der Waals surface area (Å²) in [5, 5.41) is 0. The van der Waals surface area contributed by atoms with Gasteiger partial charge in [0.05, 0.1) is 0 Å². The minimum Gasteiger partial charge on any atom is -0.462 e. The van der Waals surface area contributed by atoms with Gasteiger partial charge in [-0.05, 0) is 25.2 Å². The molecule has 0 spiro atoms. The zero-order valence-corrected chi connectivity index (χ0v) is 39.5. The van der Waals surface area contributed by atoms with E-state index in [1.165, 1.54) is 186 Å². The molecule has 0 rings (SSSR count). The van der Waals surface area contributed by atoms with Crippen LogP contribution in [0, 0.1) is 5.92 Å². The van der Waals surface area contributed by atoms with Crippen molar-refractivity contribution in [3.8, 4) is 0 Å². The molecule has 6 nitrogen and oxygen atoms in total. The van der Waals surface area contributed by atoms with Crippen LogP contribution in [-0.4, -0.2) is 37.2 Å². The molecule has 0 aromatic carbocycles. The van der Waals surface area contributed by atoms with E-state index in [0.29, 0.717) is 19.3 Å². The summed E-state index contributed by atoms with van der Waals surface area (Å²) in [6.45, 7) is 9.01. The predicted molar refractivity (Wildman–Crippen MR) is 247 cm³/mol. The zero-order chi connectivity index (χ0) is 42.4. The molecular formula is C52H100O6. The number of esters is 3. The molecule has 1 atom stereocenters. The fourth-order valence-electron chi connectivity index (χ4n) is 7.86. The van der Waals surface area contributed by atoms with E-state index in [9.17, 15) is 14.4 Å². The molecule has 0 N–H and O–H groups in total. The molecule has 0 aromatic rings. The summed E-state index contributed by atoms with van der Waals surface area (Å²) in [4.78, 5) is 37.8. The summed E-state index contributed by atoms with van der Waals surface area (Å²) in [6.07, 6.45) is 48.1. The second-order valence-electron chi connectivity index (χ2n) is 18.3. The summed E-state index contributed by atoms with van der Waals surface area (Å²) in [7, 11) is 0. The number of hydrogen-bond donors (Lipinski definition) is 0. The van der Waals surface area contributed by atoms with E-state index in [1.807, 2.05) is 0 Å². The molecule has 344 valence electrons. The van der Waals surface area contributed by atoms with Crippen LogP contribution < -0.4 is 0 Å². The molecule has 0 fully saturated rings. The maximum atomic E-state index is 12.8. The van der Waals surface area contributed by atoms with Gasteiger partial charge < -0.3 is 14.2 Å². The van der Waals surface area contributed by atoms with E-state index in [0.717, 1.165) is 63.7 Å². The smallest absolute Gasteiger partial charge is 0.306 e. The molecule has 6 heteroatoms. The summed E-state index contributed by atoms with van der Waals surface area (Å²) < 4.78 is 16.7. The van der Waals surface area contributed by atoms with Gasteiger partial charge >= 0.3 is 17.9 Å². The minimum atomic E-state index is -0.759. The Labute approximate surface area is 361 Å². The van der Waals surface area contributed by atoms with Gasteiger partial charge in [-0.2, -0.15) is 0 Å². The van der Waals surface area contributed by atoms with Gasteiger partial charge in [-0.3, -0.25) is 14.4 Å². The lowest BCUT2D eigenvalue weighted by Crippen LogP contribution is -2.30. The molecule has 58 heavy (non-hydrogen) atoms. The Kier molecular flexibility index (Phi) is 45.2. The summed E-state index contributed by atoms with van der Waals surface area (Å²) >= 11 is 0. The molecule has 0 aromatic heterocycles. The van der Waals surface area contributed by atoms with E-state index >= 15 is 0 Å². The highest BCUT2D eigenvalue weighted by Gasteiger charge is 2.19. The van der Waals surface area contributed by atoms with Crippen LogP contribution in [0.2, 0.25) is 0 Å². The predicted octanol–water partition coefficient (Wildman–Crippen LogP) is 16.7. The van der Waals surface area contributed by atoms with Crippen molar-refractivity contribution in [3.05, 3.63) is 0 Å². The lowest BCUT2D eigenvalue weighted by molar-refractivity contribution is -0.167. The third-order valence-electron chi connectivity index (χ3n) is 11.8. The third kappa shape index (κ3) is 45.5. The summed E-state index contributed by atoms with van der Waals surface area (Å²) in [5.41, 5.74) is 0. The van der Waals surface area contributed by atoms with E-state index in [2.05, 4.69) is 27.7 Å². The normalized spacial score (nSPS) is 11.9. The van der Waals surface area contributed by atoms with Crippen LogP contribution in [0.1, 0.15) is 291 Å². The number of unbranched alkanes of at least 4 members (excludes halogenated alkanes) is 34. The van der Waals surface area contributed by atoms with Gasteiger partial charge in [-0.15, -0.1) is 0 Å². The highest BCUT2D eigenvalue weighted by molar-refractivity contribution is 5.71. The van der Waals surface area contributed by atoms with Gasteiger partial charge in [0.1, 0.15) is 13.2 Å². The maximum Gasteiger partial charge on any atom is 0.306 e. The molecule has 0 saturated carbocycles. The Bertz CT molecular complexity index is 872. The Balaban J connectivity index is 4.17. The number of hydrogen-bond acceptors (Lipinski definition) is 6. The second-order valence-corrected chi connectivity index (χ2v) is 18.3. The molecule has 0 unspecified atom stereocenters. The average molecular weight is 821 g/mol.